The fourth-order valence-electron chi connectivity index (χ4n) is 3.49. The molecular formula is C20H25N3O6. The molecule has 1 aromatic heterocycles. The van der Waals surface area contributed by atoms with Crippen molar-refractivity contribution in [2.45, 2.75) is 38.2 Å². The number of aliphatic hydroxyl groups excluding tert-OH is 3. The minimum atomic E-state index is -1.47. The predicted octanol–water partition coefficient (Wildman–Crippen LogP) is 1.24. The second kappa shape index (κ2) is 8.24. The minimum absolute atomic E-state index is 0.345. The zero-order chi connectivity index (χ0) is 21.3. The molecule has 3 rings (SSSR count). The van der Waals surface area contributed by atoms with Crippen LogP contribution in [0.25, 0.3) is 10.9 Å². The van der Waals surface area contributed by atoms with Crippen molar-refractivity contribution in [3.05, 3.63) is 48.5 Å². The Hall–Kier alpha value is -2.88. The maximum atomic E-state index is 11.6. The number of nitrogens with zero attached hydrogens (tertiary/aromatic N) is 2. The summed E-state index contributed by atoms with van der Waals surface area (Å²) in [6.45, 7) is 6.76. The van der Waals surface area contributed by atoms with Gasteiger partial charge in [0, 0.05) is 23.2 Å². The number of hydrogen-bond donors (Lipinski definition) is 5. The normalized spacial score (nSPS) is 23.8. The smallest absolute Gasteiger partial charge is 0.370 e. The third kappa shape index (κ3) is 4.12. The van der Waals surface area contributed by atoms with Crippen LogP contribution in [0.4, 0.5) is 5.69 Å². The molecule has 29 heavy (non-hydrogen) atoms. The molecule has 5 atom stereocenters. The van der Waals surface area contributed by atoms with Crippen LogP contribution in [-0.4, -0.2) is 61.1 Å². The first-order chi connectivity index (χ1) is 13.7. The van der Waals surface area contributed by atoms with E-state index in [-0.39, 0.29) is 5.76 Å². The van der Waals surface area contributed by atoms with Gasteiger partial charge in [0.15, 0.2) is 0 Å². The number of fused-ring (bicyclic) bond motifs is 1. The Bertz CT molecular complexity index is 953. The molecule has 0 spiro atoms. The van der Waals surface area contributed by atoms with Crippen molar-refractivity contribution in [2.24, 2.45) is 5.92 Å². The van der Waals surface area contributed by atoms with Crippen molar-refractivity contribution in [2.75, 3.05) is 11.9 Å². The Morgan fingerprint density at radius 2 is 2.14 bits per heavy atom. The average molecular weight is 403 g/mol. The van der Waals surface area contributed by atoms with E-state index in [9.17, 15) is 20.1 Å². The van der Waals surface area contributed by atoms with Gasteiger partial charge in [-0.05, 0) is 19.1 Å². The lowest BCUT2D eigenvalue weighted by Crippen LogP contribution is -2.48. The molecule has 0 bridgehead atoms. The molecule has 1 aliphatic rings. The first-order valence-corrected chi connectivity index (χ1v) is 9.22. The second-order valence-corrected chi connectivity index (χ2v) is 7.27. The van der Waals surface area contributed by atoms with Crippen LogP contribution >= 0.6 is 0 Å². The number of rotatable bonds is 7. The van der Waals surface area contributed by atoms with Crippen LogP contribution in [0, 0.1) is 5.92 Å². The number of anilines is 1. The van der Waals surface area contributed by atoms with E-state index >= 15 is 0 Å². The topological polar surface area (TPSA) is 137 Å². The Morgan fingerprint density at radius 3 is 2.76 bits per heavy atom. The van der Waals surface area contributed by atoms with Gasteiger partial charge in [-0.1, -0.05) is 25.6 Å². The fraction of sp³-hybridized carbons (Fsp3) is 0.400. The number of carbonyl (C=O) groups is 1. The lowest BCUT2D eigenvalue weighted by molar-refractivity contribution is -0.148. The molecule has 1 aliphatic heterocycles. The maximum absolute atomic E-state index is 11.6. The number of aliphatic hydroxyl groups is 3. The molecule has 0 amide bonds. The molecule has 0 saturated carbocycles. The highest BCUT2D eigenvalue weighted by Crippen LogP contribution is 2.35. The van der Waals surface area contributed by atoms with Crippen LogP contribution < -0.4 is 5.32 Å². The molecule has 9 heteroatoms. The van der Waals surface area contributed by atoms with Gasteiger partial charge in [-0.3, -0.25) is 4.68 Å². The Kier molecular flexibility index (Phi) is 5.92. The summed E-state index contributed by atoms with van der Waals surface area (Å²) in [6.07, 6.45) is -0.754. The van der Waals surface area contributed by atoms with Crippen LogP contribution in [0.15, 0.2) is 48.5 Å². The van der Waals surface area contributed by atoms with Gasteiger partial charge >= 0.3 is 5.97 Å². The van der Waals surface area contributed by atoms with Crippen molar-refractivity contribution in [3.8, 4) is 0 Å². The standard InChI is InChI=1S/C20H25N3O6/c1-10(2)21-13-6-4-5-12-8-23(22-17(12)13)14-7-16(20(27)28)29-19(11(14)3)18(26)15(25)9-24/h4-8,11,14-15,18-19,21,24-26H,1,9H2,2-3H3,(H,27,28)/t11-,14+,15?,18?,19-/m1/s1. The summed E-state index contributed by atoms with van der Waals surface area (Å²) in [6, 6.07) is 5.07. The molecule has 1 aromatic carbocycles. The number of ether oxygens (including phenoxy) is 1. The third-order valence-electron chi connectivity index (χ3n) is 4.98. The molecule has 156 valence electrons. The van der Waals surface area contributed by atoms with Gasteiger partial charge in [0.25, 0.3) is 0 Å². The van der Waals surface area contributed by atoms with Gasteiger partial charge < -0.3 is 30.5 Å². The molecule has 0 saturated heterocycles. The van der Waals surface area contributed by atoms with Crippen molar-refractivity contribution >= 4 is 22.6 Å². The summed E-state index contributed by atoms with van der Waals surface area (Å²) in [5, 5.41) is 47.4. The molecule has 2 aromatic rings. The Balaban J connectivity index is 2.04. The summed E-state index contributed by atoms with van der Waals surface area (Å²) in [5.41, 5.74) is 2.20. The highest BCUT2D eigenvalue weighted by molar-refractivity contribution is 5.90. The molecule has 0 radical (unpaired) electrons. The first-order valence-electron chi connectivity index (χ1n) is 9.22. The number of benzene rings is 1. The molecule has 2 heterocycles. The van der Waals surface area contributed by atoms with E-state index in [2.05, 4.69) is 17.0 Å². The van der Waals surface area contributed by atoms with E-state index in [1.165, 1.54) is 6.08 Å². The number of allylic oxidation sites excluding steroid dienone is 2. The van der Waals surface area contributed by atoms with Gasteiger partial charge in [-0.25, -0.2) is 4.79 Å². The summed E-state index contributed by atoms with van der Waals surface area (Å²) in [7, 11) is 0. The van der Waals surface area contributed by atoms with Crippen LogP contribution in [0.1, 0.15) is 19.9 Å². The predicted molar refractivity (Wildman–Crippen MR) is 106 cm³/mol. The zero-order valence-electron chi connectivity index (χ0n) is 16.2. The second-order valence-electron chi connectivity index (χ2n) is 7.27. The van der Waals surface area contributed by atoms with E-state index in [0.717, 1.165) is 16.8 Å². The monoisotopic (exact) mass is 403 g/mol. The van der Waals surface area contributed by atoms with Crippen LogP contribution in [0.5, 0.6) is 0 Å². The van der Waals surface area contributed by atoms with Crippen molar-refractivity contribution in [1.29, 1.82) is 0 Å². The molecule has 9 nitrogen and oxygen atoms in total. The highest BCUT2D eigenvalue weighted by atomic mass is 16.5. The van der Waals surface area contributed by atoms with Crippen molar-refractivity contribution in [3.63, 3.8) is 0 Å². The van der Waals surface area contributed by atoms with E-state index in [1.54, 1.807) is 17.8 Å². The van der Waals surface area contributed by atoms with Gasteiger partial charge in [0.2, 0.25) is 5.76 Å². The number of nitrogens with one attached hydrogen (secondary N) is 1. The van der Waals surface area contributed by atoms with Crippen LogP contribution in [0.2, 0.25) is 0 Å². The lowest BCUT2D eigenvalue weighted by Gasteiger charge is -2.38. The third-order valence-corrected chi connectivity index (χ3v) is 4.98. The number of hydrogen-bond acceptors (Lipinski definition) is 7. The molecule has 0 fully saturated rings. The van der Waals surface area contributed by atoms with Crippen LogP contribution in [0.3, 0.4) is 0 Å². The van der Waals surface area contributed by atoms with E-state index < -0.39 is 42.8 Å². The summed E-state index contributed by atoms with van der Waals surface area (Å²) in [4.78, 5) is 11.6. The van der Waals surface area contributed by atoms with Crippen LogP contribution in [-0.2, 0) is 9.53 Å². The summed E-state index contributed by atoms with van der Waals surface area (Å²) >= 11 is 0. The zero-order valence-corrected chi connectivity index (χ0v) is 16.2. The van der Waals surface area contributed by atoms with Gasteiger partial charge in [0.1, 0.15) is 23.8 Å². The van der Waals surface area contributed by atoms with Gasteiger partial charge in [-0.2, -0.15) is 5.10 Å². The number of carboxylic acids is 1. The molecule has 0 aliphatic carbocycles. The fourth-order valence-corrected chi connectivity index (χ4v) is 3.49. The first kappa shape index (κ1) is 20.8. The van der Waals surface area contributed by atoms with E-state index in [0.29, 0.717) is 5.52 Å². The average Bonchev–Trinajstić information content (AvgIpc) is 3.11. The van der Waals surface area contributed by atoms with E-state index in [4.69, 9.17) is 9.84 Å². The van der Waals surface area contributed by atoms with Crippen molar-refractivity contribution in [1.82, 2.24) is 9.78 Å². The largest absolute Gasteiger partial charge is 0.480 e. The molecule has 5 N–H and O–H groups in total. The highest BCUT2D eigenvalue weighted by Gasteiger charge is 2.41. The van der Waals surface area contributed by atoms with Gasteiger partial charge in [0.05, 0.1) is 18.3 Å². The Labute approximate surface area is 167 Å². The van der Waals surface area contributed by atoms with Gasteiger partial charge in [-0.15, -0.1) is 0 Å². The number of aromatic nitrogens is 2. The SMILES string of the molecule is C=C(C)Nc1cccc2cn([C@H]3C=C(C(=O)O)O[C@@H](C(O)C(O)CO)[C@@H]3C)nc12. The van der Waals surface area contributed by atoms with E-state index in [1.807, 2.05) is 25.1 Å². The Morgan fingerprint density at radius 1 is 1.41 bits per heavy atom. The number of carboxylic acid groups (broad SMARTS) is 1. The number of aliphatic carboxylic acids is 1. The maximum Gasteiger partial charge on any atom is 0.370 e. The summed E-state index contributed by atoms with van der Waals surface area (Å²) < 4.78 is 7.04. The molecule has 2 unspecified atom stereocenters. The quantitative estimate of drug-likeness (QED) is 0.466. The lowest BCUT2D eigenvalue weighted by atomic mass is 9.87. The molecular weight excluding hydrogens is 378 g/mol. The minimum Gasteiger partial charge on any atom is -0.480 e. The summed E-state index contributed by atoms with van der Waals surface area (Å²) in [5.74, 6) is -2.08. The van der Waals surface area contributed by atoms with Crippen molar-refractivity contribution < 1.29 is 30.0 Å².